The second-order valence-corrected chi connectivity index (χ2v) is 15.9. The predicted octanol–water partition coefficient (Wildman–Crippen LogP) is 5.83. The third-order valence-electron chi connectivity index (χ3n) is 12.4. The van der Waals surface area contributed by atoms with Gasteiger partial charge in [-0.15, -0.1) is 0 Å². The van der Waals surface area contributed by atoms with Gasteiger partial charge in [-0.05, 0) is 91.5 Å². The fourth-order valence-electron chi connectivity index (χ4n) is 9.79. The quantitative estimate of drug-likeness (QED) is 0.206. The molecule has 54 heavy (non-hydrogen) atoms. The Hall–Kier alpha value is -4.46. The van der Waals surface area contributed by atoms with Gasteiger partial charge in [0.15, 0.2) is 0 Å². The van der Waals surface area contributed by atoms with Crippen LogP contribution >= 0.6 is 0 Å². The Balaban J connectivity index is 0.860. The normalized spacial score (nSPS) is 25.1. The van der Waals surface area contributed by atoms with Crippen LogP contribution in [-0.4, -0.2) is 87.5 Å². The summed E-state index contributed by atoms with van der Waals surface area (Å²) < 4.78 is 60.2. The van der Waals surface area contributed by atoms with Crippen molar-refractivity contribution in [3.8, 4) is 0 Å². The van der Waals surface area contributed by atoms with Crippen molar-refractivity contribution < 1.29 is 32.3 Å². The molecule has 2 unspecified atom stereocenters. The van der Waals surface area contributed by atoms with Crippen molar-refractivity contribution in [1.29, 1.82) is 0 Å². The third kappa shape index (κ3) is 6.14. The monoisotopic (exact) mass is 744 g/mol. The number of nitrogens with one attached hydrogen (secondary N) is 2. The number of hydrogen-bond acceptors (Lipinski definition) is 6. The number of nitrogens with zero attached hydrogens (tertiary/aromatic N) is 4. The molecule has 4 aromatic rings. The lowest BCUT2D eigenvalue weighted by molar-refractivity contribution is -0.132. The molecule has 2 saturated heterocycles. The van der Waals surface area contributed by atoms with Gasteiger partial charge >= 0.3 is 0 Å². The number of H-pyrrole nitrogens is 1. The second kappa shape index (κ2) is 13.7. The van der Waals surface area contributed by atoms with E-state index in [2.05, 4.69) is 21.3 Å². The molecule has 0 aliphatic carbocycles. The summed E-state index contributed by atoms with van der Waals surface area (Å²) in [6.45, 7) is 5.26. The zero-order valence-electron chi connectivity index (χ0n) is 30.1. The Labute approximate surface area is 310 Å². The highest BCUT2D eigenvalue weighted by molar-refractivity contribution is 6.01. The molecular weight excluding hydrogens is 700 g/mol. The van der Waals surface area contributed by atoms with Crippen LogP contribution in [0.5, 0.6) is 0 Å². The van der Waals surface area contributed by atoms with Gasteiger partial charge in [-0.1, -0.05) is 24.3 Å². The first-order valence-corrected chi connectivity index (χ1v) is 19.1. The van der Waals surface area contributed by atoms with Crippen LogP contribution in [-0.2, 0) is 30.8 Å². The number of rotatable bonds is 7. The van der Waals surface area contributed by atoms with Gasteiger partial charge in [-0.25, -0.2) is 17.6 Å². The molecule has 2 amide bonds. The molecule has 9 rings (SSSR count). The summed E-state index contributed by atoms with van der Waals surface area (Å²) >= 11 is 0. The molecule has 13 heteroatoms. The lowest BCUT2D eigenvalue weighted by Crippen LogP contribution is -2.54. The average molecular weight is 745 g/mol. The molecule has 284 valence electrons. The van der Waals surface area contributed by atoms with Crippen LogP contribution in [0.1, 0.15) is 82.5 Å². The number of para-hydroxylation sites is 1. The van der Waals surface area contributed by atoms with Crippen molar-refractivity contribution in [3.05, 3.63) is 99.2 Å². The molecule has 5 aliphatic rings. The minimum Gasteiger partial charge on any atom is -0.374 e. The number of carbonyl (C=O) groups is 2. The van der Waals surface area contributed by atoms with Crippen LogP contribution in [0, 0.1) is 17.6 Å². The van der Waals surface area contributed by atoms with E-state index in [1.54, 1.807) is 4.90 Å². The predicted molar refractivity (Wildman–Crippen MR) is 195 cm³/mol. The van der Waals surface area contributed by atoms with Gasteiger partial charge in [0.05, 0.1) is 12.6 Å². The minimum atomic E-state index is -2.66. The number of halogens is 4. The van der Waals surface area contributed by atoms with Crippen molar-refractivity contribution in [3.63, 3.8) is 0 Å². The second-order valence-electron chi connectivity index (χ2n) is 15.9. The summed E-state index contributed by atoms with van der Waals surface area (Å²) in [5.74, 6) is -1.54. The number of benzene rings is 3. The lowest BCUT2D eigenvalue weighted by Gasteiger charge is -2.41. The highest BCUT2D eigenvalue weighted by Gasteiger charge is 2.42. The van der Waals surface area contributed by atoms with Gasteiger partial charge in [-0.3, -0.25) is 19.4 Å². The molecule has 0 spiro atoms. The first-order chi connectivity index (χ1) is 26.0. The Kier molecular flexibility index (Phi) is 8.93. The smallest absolute Gasteiger partial charge is 0.255 e. The van der Waals surface area contributed by atoms with Gasteiger partial charge in [0, 0.05) is 78.7 Å². The van der Waals surface area contributed by atoms with Crippen molar-refractivity contribution in [2.24, 2.45) is 5.92 Å². The van der Waals surface area contributed by atoms with Gasteiger partial charge in [-0.2, -0.15) is 0 Å². The fourth-order valence-corrected chi connectivity index (χ4v) is 9.79. The van der Waals surface area contributed by atoms with Crippen molar-refractivity contribution in [2.45, 2.75) is 89.4 Å². The Morgan fingerprint density at radius 2 is 1.63 bits per heavy atom. The molecule has 6 heterocycles. The molecule has 4 atom stereocenters. The van der Waals surface area contributed by atoms with E-state index in [1.165, 1.54) is 22.6 Å². The molecule has 2 fully saturated rings. The maximum atomic E-state index is 16.2. The Morgan fingerprint density at radius 1 is 0.907 bits per heavy atom. The van der Waals surface area contributed by atoms with Crippen LogP contribution in [0.3, 0.4) is 0 Å². The van der Waals surface area contributed by atoms with Gasteiger partial charge < -0.3 is 25.2 Å². The number of carbonyl (C=O) groups excluding carboxylic acids is 2. The number of fused-ring (bicyclic) bond motifs is 5. The van der Waals surface area contributed by atoms with Crippen molar-refractivity contribution >= 4 is 28.4 Å². The highest BCUT2D eigenvalue weighted by atomic mass is 19.3. The summed E-state index contributed by atoms with van der Waals surface area (Å²) in [6.07, 6.45) is -0.484. The number of amides is 2. The molecule has 3 aromatic carbocycles. The van der Waals surface area contributed by atoms with Gasteiger partial charge in [0.2, 0.25) is 5.91 Å². The summed E-state index contributed by atoms with van der Waals surface area (Å²) in [5.41, 5.74) is 6.43. The fraction of sp³-hybridized carbons (Fsp3) is 0.463. The van der Waals surface area contributed by atoms with E-state index in [-0.39, 0.29) is 23.4 Å². The maximum Gasteiger partial charge on any atom is 0.255 e. The number of hydrogen-bond donors (Lipinski definition) is 3. The van der Waals surface area contributed by atoms with Crippen molar-refractivity contribution in [1.82, 2.24) is 25.0 Å². The first-order valence-electron chi connectivity index (χ1n) is 19.1. The summed E-state index contributed by atoms with van der Waals surface area (Å²) in [4.78, 5) is 36.7. The number of aliphatic hydroxyl groups excluding tert-OH is 1. The van der Waals surface area contributed by atoms with Crippen LogP contribution in [0.15, 0.2) is 48.5 Å². The summed E-state index contributed by atoms with van der Waals surface area (Å²) in [7, 11) is 0. The average Bonchev–Trinajstić information content (AvgIpc) is 3.80. The summed E-state index contributed by atoms with van der Waals surface area (Å²) in [6, 6.07) is 12.5. The molecule has 0 saturated carbocycles. The highest BCUT2D eigenvalue weighted by Crippen LogP contribution is 2.44. The standard InChI is InChI=1S/C41H44F4N6O3/c1-22-12-30-28-4-2-3-5-33(28)46-38(30)39(50(22)21-35(44)45)37-31(42)15-27(16-32(37)43)49-10-8-23(9-11-49)17-48-18-24-13-26-20-51(34-6-7-36(52)47-40(34)53)41(54)29(26)14-25(24)19-48/h2-5,13-16,22-23,34-36,39,46,52H,6-12,17-21H2,1H3,(H,47,53)/t22-,34?,36?,39-/m1/s1. The summed E-state index contributed by atoms with van der Waals surface area (Å²) in [5, 5.41) is 13.2. The van der Waals surface area contributed by atoms with Gasteiger partial charge in [0.25, 0.3) is 12.3 Å². The van der Waals surface area contributed by atoms with E-state index in [9.17, 15) is 23.5 Å². The number of aromatic nitrogens is 1. The lowest BCUT2D eigenvalue weighted by atomic mass is 9.88. The van der Waals surface area contributed by atoms with Crippen molar-refractivity contribution in [2.75, 3.05) is 31.1 Å². The third-order valence-corrected chi connectivity index (χ3v) is 12.4. The van der Waals surface area contributed by atoms with E-state index < -0.39 is 42.9 Å². The number of anilines is 1. The Morgan fingerprint density at radius 3 is 2.35 bits per heavy atom. The molecule has 1 aromatic heterocycles. The van der Waals surface area contributed by atoms with Crippen LogP contribution in [0.25, 0.3) is 10.9 Å². The SMILES string of the molecule is C[C@@H]1Cc2c([nH]c3ccccc23)[C@@H](c2c(F)cc(N3CCC(CN4Cc5cc6c(cc5C4)C(=O)N(C4CCC(O)NC4=O)C6)CC3)cc2F)N1CC(F)F. The molecule has 5 aliphatic heterocycles. The van der Waals surface area contributed by atoms with E-state index >= 15 is 8.78 Å². The largest absolute Gasteiger partial charge is 0.374 e. The van der Waals surface area contributed by atoms with E-state index in [4.69, 9.17) is 0 Å². The number of piperidine rings is 2. The number of alkyl halides is 2. The van der Waals surface area contributed by atoms with E-state index in [1.807, 2.05) is 42.2 Å². The van der Waals surface area contributed by atoms with Crippen LogP contribution < -0.4 is 10.2 Å². The van der Waals surface area contributed by atoms with Crippen LogP contribution in [0.2, 0.25) is 0 Å². The topological polar surface area (TPSA) is 95.1 Å². The first kappa shape index (κ1) is 35.3. The molecule has 9 nitrogen and oxygen atoms in total. The van der Waals surface area contributed by atoms with Gasteiger partial charge in [0.1, 0.15) is 23.9 Å². The number of aromatic amines is 1. The zero-order valence-corrected chi connectivity index (χ0v) is 30.1. The zero-order chi connectivity index (χ0) is 37.4. The van der Waals surface area contributed by atoms with E-state index in [0.29, 0.717) is 61.8 Å². The molecule has 0 bridgehead atoms. The van der Waals surface area contributed by atoms with E-state index in [0.717, 1.165) is 60.1 Å². The minimum absolute atomic E-state index is 0.141. The Bertz CT molecular complexity index is 2110. The maximum absolute atomic E-state index is 16.2. The number of aliphatic hydroxyl groups is 1. The molecule has 0 radical (unpaired) electrons. The van der Waals surface area contributed by atoms with Crippen LogP contribution in [0.4, 0.5) is 23.2 Å². The molecular formula is C41H44F4N6O3. The molecule has 3 N–H and O–H groups in total.